The Morgan fingerprint density at radius 2 is 1.84 bits per heavy atom. The molecular formula is C25H32N4O3. The predicted molar refractivity (Wildman–Crippen MR) is 126 cm³/mol. The highest BCUT2D eigenvalue weighted by Crippen LogP contribution is 2.32. The summed E-state index contributed by atoms with van der Waals surface area (Å²) < 4.78 is 5.53. The molecule has 1 fully saturated rings. The van der Waals surface area contributed by atoms with Crippen LogP contribution in [0.2, 0.25) is 0 Å². The van der Waals surface area contributed by atoms with Gasteiger partial charge >= 0.3 is 11.8 Å². The lowest BCUT2D eigenvalue weighted by Gasteiger charge is -2.28. The average Bonchev–Trinajstić information content (AvgIpc) is 3.46. The third-order valence-electron chi connectivity index (χ3n) is 6.29. The number of nitrogens with zero attached hydrogens (tertiary/aromatic N) is 2. The summed E-state index contributed by atoms with van der Waals surface area (Å²) >= 11 is 0. The highest BCUT2D eigenvalue weighted by Gasteiger charge is 2.27. The van der Waals surface area contributed by atoms with Gasteiger partial charge in [-0.25, -0.2) is 0 Å². The molecule has 0 saturated carbocycles. The number of nitrogens with one attached hydrogen (secondary N) is 2. The van der Waals surface area contributed by atoms with Gasteiger partial charge in [0.15, 0.2) is 0 Å². The van der Waals surface area contributed by atoms with Crippen molar-refractivity contribution in [3.05, 3.63) is 53.6 Å². The summed E-state index contributed by atoms with van der Waals surface area (Å²) in [4.78, 5) is 29.8. The normalized spacial score (nSPS) is 16.5. The van der Waals surface area contributed by atoms with Gasteiger partial charge in [0.05, 0.1) is 18.3 Å². The molecule has 0 bridgehead atoms. The largest absolute Gasteiger partial charge is 0.492 e. The van der Waals surface area contributed by atoms with Crippen LogP contribution in [0.1, 0.15) is 36.9 Å². The second kappa shape index (κ2) is 10.0. The Morgan fingerprint density at radius 1 is 1.06 bits per heavy atom. The molecule has 2 amide bonds. The molecular weight excluding hydrogens is 404 g/mol. The quantitative estimate of drug-likeness (QED) is 0.653. The van der Waals surface area contributed by atoms with Crippen molar-refractivity contribution in [3.8, 4) is 5.75 Å². The van der Waals surface area contributed by atoms with E-state index in [4.69, 9.17) is 4.74 Å². The number of benzene rings is 2. The summed E-state index contributed by atoms with van der Waals surface area (Å²) in [5.41, 5.74) is 4.33. The van der Waals surface area contributed by atoms with Crippen LogP contribution in [0.5, 0.6) is 5.75 Å². The van der Waals surface area contributed by atoms with Crippen molar-refractivity contribution in [1.29, 1.82) is 0 Å². The lowest BCUT2D eigenvalue weighted by Crippen LogP contribution is -2.41. The third kappa shape index (κ3) is 4.88. The number of likely N-dealkylation sites (N-methyl/N-ethyl adjacent to an activating group) is 1. The summed E-state index contributed by atoms with van der Waals surface area (Å²) in [6.07, 6.45) is 3.36. The first-order valence-corrected chi connectivity index (χ1v) is 11.5. The summed E-state index contributed by atoms with van der Waals surface area (Å²) in [6.45, 7) is 5.80. The summed E-state index contributed by atoms with van der Waals surface area (Å²) in [5.74, 6) is -0.775. The van der Waals surface area contributed by atoms with Crippen molar-refractivity contribution in [1.82, 2.24) is 10.2 Å². The fourth-order valence-corrected chi connectivity index (χ4v) is 4.60. The number of rotatable bonds is 7. The highest BCUT2D eigenvalue weighted by molar-refractivity contribution is 6.39. The maximum atomic E-state index is 12.6. The van der Waals surface area contributed by atoms with E-state index >= 15 is 0 Å². The lowest BCUT2D eigenvalue weighted by molar-refractivity contribution is -0.136. The molecule has 4 rings (SSSR count). The van der Waals surface area contributed by atoms with E-state index in [0.29, 0.717) is 24.6 Å². The number of amides is 2. The van der Waals surface area contributed by atoms with Crippen molar-refractivity contribution in [2.45, 2.75) is 32.2 Å². The fraction of sp³-hybridized carbons (Fsp3) is 0.440. The van der Waals surface area contributed by atoms with Gasteiger partial charge in [-0.05, 0) is 68.6 Å². The molecule has 7 heteroatoms. The molecule has 0 radical (unpaired) electrons. The Bertz CT molecular complexity index is 971. The van der Waals surface area contributed by atoms with Gasteiger partial charge in [-0.3, -0.25) is 14.5 Å². The van der Waals surface area contributed by atoms with Crippen molar-refractivity contribution < 1.29 is 14.3 Å². The summed E-state index contributed by atoms with van der Waals surface area (Å²) in [7, 11) is 2.12. The van der Waals surface area contributed by atoms with Crippen LogP contribution in [0.25, 0.3) is 0 Å². The number of ether oxygens (including phenoxy) is 1. The zero-order chi connectivity index (χ0) is 22.5. The molecule has 2 aliphatic rings. The van der Waals surface area contributed by atoms with Gasteiger partial charge in [0, 0.05) is 25.8 Å². The Morgan fingerprint density at radius 3 is 2.62 bits per heavy atom. The van der Waals surface area contributed by atoms with E-state index < -0.39 is 11.8 Å². The average molecular weight is 437 g/mol. The zero-order valence-corrected chi connectivity index (χ0v) is 18.9. The molecule has 7 nitrogen and oxygen atoms in total. The Labute approximate surface area is 189 Å². The van der Waals surface area contributed by atoms with Crippen molar-refractivity contribution in [2.75, 3.05) is 50.1 Å². The Balaban J connectivity index is 1.43. The molecule has 2 aliphatic heterocycles. The van der Waals surface area contributed by atoms with E-state index in [-0.39, 0.29) is 6.04 Å². The third-order valence-corrected chi connectivity index (χ3v) is 6.29. The van der Waals surface area contributed by atoms with Crippen molar-refractivity contribution in [2.24, 2.45) is 0 Å². The summed E-state index contributed by atoms with van der Waals surface area (Å²) in [5, 5.41) is 5.53. The van der Waals surface area contributed by atoms with Crippen molar-refractivity contribution >= 4 is 23.2 Å². The monoisotopic (exact) mass is 436 g/mol. The molecule has 1 atom stereocenters. The van der Waals surface area contributed by atoms with Gasteiger partial charge in [-0.2, -0.15) is 0 Å². The molecule has 0 aromatic heterocycles. The molecule has 32 heavy (non-hydrogen) atoms. The minimum atomic E-state index is -0.687. The van der Waals surface area contributed by atoms with Gasteiger partial charge in [0.1, 0.15) is 5.75 Å². The number of hydrogen-bond acceptors (Lipinski definition) is 5. The topological polar surface area (TPSA) is 73.9 Å². The SMILES string of the molecule is CCOc1ccccc1NC(=O)C(=O)NC[C@H](c1ccc2c(c1)CCN2C)N1CCCC1. The van der Waals surface area contributed by atoms with Crippen LogP contribution < -0.4 is 20.3 Å². The molecule has 0 aliphatic carbocycles. The highest BCUT2D eigenvalue weighted by atomic mass is 16.5. The van der Waals surface area contributed by atoms with E-state index in [1.165, 1.54) is 16.8 Å². The van der Waals surface area contributed by atoms with Crippen LogP contribution >= 0.6 is 0 Å². The fourth-order valence-electron chi connectivity index (χ4n) is 4.60. The van der Waals surface area contributed by atoms with Gasteiger partial charge in [-0.1, -0.05) is 24.3 Å². The minimum Gasteiger partial charge on any atom is -0.492 e. The smallest absolute Gasteiger partial charge is 0.313 e. The molecule has 2 aromatic carbocycles. The lowest BCUT2D eigenvalue weighted by atomic mass is 10.0. The maximum absolute atomic E-state index is 12.6. The zero-order valence-electron chi connectivity index (χ0n) is 18.9. The van der Waals surface area contributed by atoms with E-state index in [1.54, 1.807) is 18.2 Å². The second-order valence-corrected chi connectivity index (χ2v) is 8.41. The second-order valence-electron chi connectivity index (χ2n) is 8.41. The molecule has 0 unspecified atom stereocenters. The maximum Gasteiger partial charge on any atom is 0.313 e. The Kier molecular flexibility index (Phi) is 6.95. The minimum absolute atomic E-state index is 0.0566. The number of likely N-dealkylation sites (tertiary alicyclic amines) is 1. The molecule has 170 valence electrons. The van der Waals surface area contributed by atoms with E-state index in [2.05, 4.69) is 45.7 Å². The standard InChI is InChI=1S/C25H32N4O3/c1-3-32-23-9-5-4-8-20(23)27-25(31)24(30)26-17-22(29-13-6-7-14-29)18-10-11-21-19(16-18)12-15-28(21)2/h4-5,8-11,16,22H,3,6-7,12-15,17H2,1-2H3,(H,26,30)(H,27,31)/t22-/m1/s1. The van der Waals surface area contributed by atoms with E-state index in [9.17, 15) is 9.59 Å². The number of anilines is 2. The van der Waals surface area contributed by atoms with Gasteiger partial charge < -0.3 is 20.3 Å². The van der Waals surface area contributed by atoms with Crippen LogP contribution in [-0.4, -0.2) is 56.5 Å². The predicted octanol–water partition coefficient (Wildman–Crippen LogP) is 2.97. The molecule has 2 aromatic rings. The van der Waals surface area contributed by atoms with E-state index in [0.717, 1.165) is 38.9 Å². The van der Waals surface area contributed by atoms with Gasteiger partial charge in [0.25, 0.3) is 0 Å². The van der Waals surface area contributed by atoms with Crippen LogP contribution in [0.3, 0.4) is 0 Å². The molecule has 2 N–H and O–H groups in total. The number of hydrogen-bond donors (Lipinski definition) is 2. The van der Waals surface area contributed by atoms with E-state index in [1.807, 2.05) is 13.0 Å². The number of carbonyl (C=O) groups excluding carboxylic acids is 2. The van der Waals surface area contributed by atoms with Crippen LogP contribution in [0.15, 0.2) is 42.5 Å². The van der Waals surface area contributed by atoms with Crippen LogP contribution in [0.4, 0.5) is 11.4 Å². The van der Waals surface area contributed by atoms with Crippen LogP contribution in [-0.2, 0) is 16.0 Å². The first-order valence-electron chi connectivity index (χ1n) is 11.5. The first-order chi connectivity index (χ1) is 15.6. The number of carbonyl (C=O) groups is 2. The van der Waals surface area contributed by atoms with Crippen molar-refractivity contribution in [3.63, 3.8) is 0 Å². The first kappa shape index (κ1) is 22.1. The van der Waals surface area contributed by atoms with Gasteiger partial charge in [0.2, 0.25) is 0 Å². The molecule has 0 spiro atoms. The summed E-state index contributed by atoms with van der Waals surface area (Å²) in [6, 6.07) is 13.8. The molecule has 1 saturated heterocycles. The Hall–Kier alpha value is -3.06. The van der Waals surface area contributed by atoms with Gasteiger partial charge in [-0.15, -0.1) is 0 Å². The molecule has 2 heterocycles. The number of para-hydroxylation sites is 2. The number of fused-ring (bicyclic) bond motifs is 1. The van der Waals surface area contributed by atoms with Crippen LogP contribution in [0, 0.1) is 0 Å².